The number of hydrogen-bond acceptors (Lipinski definition) is 1. The summed E-state index contributed by atoms with van der Waals surface area (Å²) in [7, 11) is 1.32. The lowest BCUT2D eigenvalue weighted by Crippen LogP contribution is -1.91. The summed E-state index contributed by atoms with van der Waals surface area (Å²) in [4.78, 5) is 0. The van der Waals surface area contributed by atoms with Crippen molar-refractivity contribution < 1.29 is 17.9 Å². The third-order valence-electron chi connectivity index (χ3n) is 4.37. The van der Waals surface area contributed by atoms with E-state index in [4.69, 9.17) is 4.74 Å². The number of ether oxygens (including phenoxy) is 1. The molecule has 26 heavy (non-hydrogen) atoms. The van der Waals surface area contributed by atoms with Gasteiger partial charge in [-0.25, -0.2) is 13.2 Å². The monoisotopic (exact) mass is 362 g/mol. The van der Waals surface area contributed by atoms with Gasteiger partial charge in [0.15, 0.2) is 23.2 Å². The summed E-state index contributed by atoms with van der Waals surface area (Å²) in [5, 5.41) is 0. The van der Waals surface area contributed by atoms with Crippen molar-refractivity contribution in [2.24, 2.45) is 0 Å². The minimum absolute atomic E-state index is 0.00903. The predicted octanol–water partition coefficient (Wildman–Crippen LogP) is 7.11. The summed E-state index contributed by atoms with van der Waals surface area (Å²) in [6.45, 7) is 2.18. The van der Waals surface area contributed by atoms with E-state index in [0.717, 1.165) is 24.5 Å². The highest BCUT2D eigenvalue weighted by molar-refractivity contribution is 5.83. The van der Waals surface area contributed by atoms with Gasteiger partial charge in [-0.1, -0.05) is 56.9 Å². The van der Waals surface area contributed by atoms with Crippen LogP contribution < -0.4 is 4.74 Å². The smallest absolute Gasteiger partial charge is 0.166 e. The Balaban J connectivity index is 2.07. The van der Waals surface area contributed by atoms with Gasteiger partial charge in [-0.2, -0.15) is 0 Å². The Hall–Kier alpha value is -2.23. The molecule has 2 aromatic rings. The summed E-state index contributed by atoms with van der Waals surface area (Å²) < 4.78 is 47.2. The van der Waals surface area contributed by atoms with Crippen LogP contribution in [0.4, 0.5) is 13.2 Å². The number of halogens is 3. The van der Waals surface area contributed by atoms with Gasteiger partial charge in [-0.15, -0.1) is 0 Å². The summed E-state index contributed by atoms with van der Waals surface area (Å²) in [6, 6.07) is 10.3. The molecular formula is C22H25F3O. The Bertz CT molecular complexity index is 736. The highest BCUT2D eigenvalue weighted by Gasteiger charge is 2.14. The maximum atomic E-state index is 14.4. The topological polar surface area (TPSA) is 9.23 Å². The van der Waals surface area contributed by atoms with Crippen molar-refractivity contribution in [1.82, 2.24) is 0 Å². The zero-order chi connectivity index (χ0) is 18.9. The molecule has 0 spiro atoms. The fourth-order valence-electron chi connectivity index (χ4n) is 2.81. The molecule has 0 bridgehead atoms. The van der Waals surface area contributed by atoms with E-state index in [0.29, 0.717) is 0 Å². The lowest BCUT2D eigenvalue weighted by molar-refractivity contribution is 0.386. The van der Waals surface area contributed by atoms with Gasteiger partial charge in [0, 0.05) is 11.1 Å². The molecule has 0 aliphatic heterocycles. The molecule has 0 radical (unpaired) electrons. The van der Waals surface area contributed by atoms with Crippen LogP contribution in [0.25, 0.3) is 11.7 Å². The molecule has 0 saturated heterocycles. The second-order valence-corrected chi connectivity index (χ2v) is 6.34. The standard InChI is InChI=1S/C22H25F3O/c1-3-4-5-6-7-8-16-9-11-17(12-10-16)21(24)22(25)18-13-14-20(26-2)19(23)15-18/h9-15H,3-8H2,1-2H3/b22-21+. The first-order chi connectivity index (χ1) is 12.6. The average molecular weight is 362 g/mol. The molecule has 2 aromatic carbocycles. The molecule has 0 aromatic heterocycles. The highest BCUT2D eigenvalue weighted by atomic mass is 19.2. The van der Waals surface area contributed by atoms with E-state index < -0.39 is 17.5 Å². The Morgan fingerprint density at radius 3 is 2.08 bits per heavy atom. The van der Waals surface area contributed by atoms with Crippen molar-refractivity contribution in [3.63, 3.8) is 0 Å². The Morgan fingerprint density at radius 2 is 1.46 bits per heavy atom. The molecule has 2 rings (SSSR count). The van der Waals surface area contributed by atoms with Crippen LogP contribution in [0.5, 0.6) is 5.75 Å². The lowest BCUT2D eigenvalue weighted by Gasteiger charge is -2.06. The molecule has 0 amide bonds. The number of hydrogen-bond donors (Lipinski definition) is 0. The third-order valence-corrected chi connectivity index (χ3v) is 4.37. The summed E-state index contributed by atoms with van der Waals surface area (Å²) in [5.41, 5.74) is 1.10. The molecule has 0 aliphatic rings. The van der Waals surface area contributed by atoms with Crippen molar-refractivity contribution in [1.29, 1.82) is 0 Å². The van der Waals surface area contributed by atoms with Gasteiger partial charge < -0.3 is 4.74 Å². The summed E-state index contributed by atoms with van der Waals surface area (Å²) >= 11 is 0. The van der Waals surface area contributed by atoms with E-state index >= 15 is 0 Å². The quantitative estimate of drug-likeness (QED) is 0.341. The van der Waals surface area contributed by atoms with Crippen molar-refractivity contribution in [3.8, 4) is 5.75 Å². The van der Waals surface area contributed by atoms with Crippen LogP contribution in [0, 0.1) is 5.82 Å². The number of benzene rings is 2. The number of aryl methyl sites for hydroxylation is 1. The van der Waals surface area contributed by atoms with E-state index in [2.05, 4.69) is 6.92 Å². The Labute approximate surface area is 153 Å². The van der Waals surface area contributed by atoms with Crippen molar-refractivity contribution >= 4 is 11.7 Å². The largest absolute Gasteiger partial charge is 0.494 e. The van der Waals surface area contributed by atoms with Gasteiger partial charge in [0.2, 0.25) is 0 Å². The minimum atomic E-state index is -1.08. The number of rotatable bonds is 9. The Kier molecular flexibility index (Phi) is 7.76. The van der Waals surface area contributed by atoms with E-state index in [9.17, 15) is 13.2 Å². The summed E-state index contributed by atoms with van der Waals surface area (Å²) in [5.74, 6) is -2.82. The van der Waals surface area contributed by atoms with E-state index in [1.54, 1.807) is 12.1 Å². The third kappa shape index (κ3) is 5.38. The highest BCUT2D eigenvalue weighted by Crippen LogP contribution is 2.31. The van der Waals surface area contributed by atoms with Gasteiger partial charge in [0.25, 0.3) is 0 Å². The molecule has 0 N–H and O–H groups in total. The molecule has 4 heteroatoms. The van der Waals surface area contributed by atoms with Crippen LogP contribution in [0.15, 0.2) is 42.5 Å². The number of methoxy groups -OCH3 is 1. The fourth-order valence-corrected chi connectivity index (χ4v) is 2.81. The molecule has 0 aliphatic carbocycles. The molecule has 0 heterocycles. The summed E-state index contributed by atoms with van der Waals surface area (Å²) in [6.07, 6.45) is 6.90. The molecule has 1 nitrogen and oxygen atoms in total. The second kappa shape index (κ2) is 10.0. The van der Waals surface area contributed by atoms with Gasteiger partial charge in [-0.3, -0.25) is 0 Å². The maximum absolute atomic E-state index is 14.4. The van der Waals surface area contributed by atoms with Crippen LogP contribution in [0.2, 0.25) is 0 Å². The van der Waals surface area contributed by atoms with Crippen molar-refractivity contribution in [2.75, 3.05) is 7.11 Å². The van der Waals surface area contributed by atoms with Crippen LogP contribution in [0.1, 0.15) is 55.7 Å². The van der Waals surface area contributed by atoms with Crippen LogP contribution in [-0.2, 0) is 6.42 Å². The van der Waals surface area contributed by atoms with Crippen LogP contribution in [-0.4, -0.2) is 7.11 Å². The van der Waals surface area contributed by atoms with E-state index in [-0.39, 0.29) is 16.9 Å². The molecule has 0 unspecified atom stereocenters. The van der Waals surface area contributed by atoms with Gasteiger partial charge >= 0.3 is 0 Å². The predicted molar refractivity (Wildman–Crippen MR) is 101 cm³/mol. The normalized spacial score (nSPS) is 12.0. The van der Waals surface area contributed by atoms with Crippen LogP contribution >= 0.6 is 0 Å². The maximum Gasteiger partial charge on any atom is 0.166 e. The molecular weight excluding hydrogens is 337 g/mol. The molecule has 140 valence electrons. The molecule has 0 fully saturated rings. The second-order valence-electron chi connectivity index (χ2n) is 6.34. The molecule has 0 atom stereocenters. The Morgan fingerprint density at radius 1 is 0.846 bits per heavy atom. The average Bonchev–Trinajstić information content (AvgIpc) is 2.67. The fraction of sp³-hybridized carbons (Fsp3) is 0.364. The minimum Gasteiger partial charge on any atom is -0.494 e. The SMILES string of the molecule is CCCCCCCc1ccc(/C(F)=C(\F)c2ccc(OC)c(F)c2)cc1. The zero-order valence-corrected chi connectivity index (χ0v) is 15.3. The number of unbranched alkanes of at least 4 members (excludes halogenated alkanes) is 4. The van der Waals surface area contributed by atoms with Crippen LogP contribution in [0.3, 0.4) is 0 Å². The van der Waals surface area contributed by atoms with E-state index in [1.165, 1.54) is 44.9 Å². The van der Waals surface area contributed by atoms with Gasteiger partial charge in [0.05, 0.1) is 7.11 Å². The first-order valence-corrected chi connectivity index (χ1v) is 9.05. The first-order valence-electron chi connectivity index (χ1n) is 9.05. The van der Waals surface area contributed by atoms with Gasteiger partial charge in [0.1, 0.15) is 0 Å². The van der Waals surface area contributed by atoms with Crippen molar-refractivity contribution in [3.05, 3.63) is 65.0 Å². The van der Waals surface area contributed by atoms with E-state index in [1.807, 2.05) is 12.1 Å². The molecule has 0 saturated carbocycles. The van der Waals surface area contributed by atoms with Crippen molar-refractivity contribution in [2.45, 2.75) is 45.4 Å². The zero-order valence-electron chi connectivity index (χ0n) is 15.3. The lowest BCUT2D eigenvalue weighted by atomic mass is 10.0. The van der Waals surface area contributed by atoms with Gasteiger partial charge in [-0.05, 0) is 36.6 Å². The first kappa shape index (κ1) is 20.1.